The highest BCUT2D eigenvalue weighted by atomic mass is 19.1. The fourth-order valence-electron chi connectivity index (χ4n) is 2.94. The van der Waals surface area contributed by atoms with Crippen molar-refractivity contribution in [3.8, 4) is 0 Å². The second-order valence-electron chi connectivity index (χ2n) is 5.98. The Hall–Kier alpha value is -2.38. The molecule has 1 aromatic carbocycles. The Morgan fingerprint density at radius 2 is 2.08 bits per heavy atom. The maximum atomic E-state index is 13.0. The molecular weight excluding hydrogens is 311 g/mol. The van der Waals surface area contributed by atoms with E-state index in [1.807, 2.05) is 11.9 Å². The van der Waals surface area contributed by atoms with Crippen LogP contribution in [-0.2, 0) is 6.54 Å². The third kappa shape index (κ3) is 3.58. The summed E-state index contributed by atoms with van der Waals surface area (Å²) in [5.41, 5.74) is 1.22. The topological polar surface area (TPSA) is 69.6 Å². The predicted molar refractivity (Wildman–Crippen MR) is 85.6 cm³/mol. The van der Waals surface area contributed by atoms with E-state index >= 15 is 0 Å². The zero-order chi connectivity index (χ0) is 17.1. The number of aliphatic hydroxyl groups excluding tert-OH is 1. The van der Waals surface area contributed by atoms with E-state index in [1.54, 1.807) is 17.0 Å². The van der Waals surface area contributed by atoms with Gasteiger partial charge in [0, 0.05) is 32.0 Å². The average Bonchev–Trinajstić information content (AvgIpc) is 2.99. The van der Waals surface area contributed by atoms with Crippen LogP contribution in [0.4, 0.5) is 4.39 Å². The largest absolute Gasteiger partial charge is 0.390 e. The number of amides is 1. The fraction of sp³-hybridized carbons (Fsp3) is 0.353. The molecule has 1 amide bonds. The lowest BCUT2D eigenvalue weighted by Crippen LogP contribution is -2.40. The number of β-amino-alcohol motifs (C(OH)–C–C–N with tert-alkyl or cyclic N) is 1. The molecule has 2 heterocycles. The Morgan fingerprint density at radius 1 is 1.33 bits per heavy atom. The SMILES string of the molecule is CN(Cc1ccc(F)cc1)[C@@H]1CN(C(=O)c2cnccn2)C[C@H]1O. The molecule has 0 aliphatic carbocycles. The van der Waals surface area contributed by atoms with Gasteiger partial charge in [-0.2, -0.15) is 0 Å². The van der Waals surface area contributed by atoms with Crippen molar-refractivity contribution in [3.05, 3.63) is 59.9 Å². The molecule has 1 aliphatic heterocycles. The van der Waals surface area contributed by atoms with Gasteiger partial charge in [-0.25, -0.2) is 9.37 Å². The minimum Gasteiger partial charge on any atom is -0.390 e. The highest BCUT2D eigenvalue weighted by Gasteiger charge is 2.37. The van der Waals surface area contributed by atoms with Crippen molar-refractivity contribution in [1.82, 2.24) is 19.8 Å². The molecule has 0 bridgehead atoms. The molecule has 3 rings (SSSR count). The highest BCUT2D eigenvalue weighted by Crippen LogP contribution is 2.19. The summed E-state index contributed by atoms with van der Waals surface area (Å²) < 4.78 is 13.0. The van der Waals surface area contributed by atoms with Gasteiger partial charge in [0.25, 0.3) is 5.91 Å². The van der Waals surface area contributed by atoms with E-state index < -0.39 is 6.10 Å². The molecule has 1 N–H and O–H groups in total. The monoisotopic (exact) mass is 330 g/mol. The maximum Gasteiger partial charge on any atom is 0.274 e. The zero-order valence-corrected chi connectivity index (χ0v) is 13.3. The zero-order valence-electron chi connectivity index (χ0n) is 13.3. The van der Waals surface area contributed by atoms with Crippen molar-refractivity contribution in [2.45, 2.75) is 18.7 Å². The first-order valence-electron chi connectivity index (χ1n) is 7.72. The lowest BCUT2D eigenvalue weighted by Gasteiger charge is -2.26. The summed E-state index contributed by atoms with van der Waals surface area (Å²) in [5.74, 6) is -0.511. The van der Waals surface area contributed by atoms with Gasteiger partial charge in [-0.1, -0.05) is 12.1 Å². The van der Waals surface area contributed by atoms with Crippen LogP contribution in [0.3, 0.4) is 0 Å². The van der Waals surface area contributed by atoms with Crippen molar-refractivity contribution < 1.29 is 14.3 Å². The maximum absolute atomic E-state index is 13.0. The van der Waals surface area contributed by atoms with Gasteiger partial charge < -0.3 is 10.0 Å². The molecule has 1 aliphatic rings. The van der Waals surface area contributed by atoms with Crippen LogP contribution >= 0.6 is 0 Å². The summed E-state index contributed by atoms with van der Waals surface area (Å²) >= 11 is 0. The minimum atomic E-state index is -0.643. The molecule has 0 radical (unpaired) electrons. The van der Waals surface area contributed by atoms with Crippen LogP contribution in [0.5, 0.6) is 0 Å². The molecule has 6 nitrogen and oxygen atoms in total. The molecule has 0 spiro atoms. The number of nitrogens with zero attached hydrogens (tertiary/aromatic N) is 4. The summed E-state index contributed by atoms with van der Waals surface area (Å²) in [6.07, 6.45) is 3.76. The van der Waals surface area contributed by atoms with Crippen molar-refractivity contribution in [1.29, 1.82) is 0 Å². The van der Waals surface area contributed by atoms with Crippen molar-refractivity contribution in [3.63, 3.8) is 0 Å². The molecule has 2 aromatic rings. The van der Waals surface area contributed by atoms with E-state index in [2.05, 4.69) is 9.97 Å². The van der Waals surface area contributed by atoms with Crippen molar-refractivity contribution in [2.24, 2.45) is 0 Å². The van der Waals surface area contributed by atoms with Gasteiger partial charge in [0.05, 0.1) is 18.3 Å². The summed E-state index contributed by atoms with van der Waals surface area (Å²) in [6, 6.07) is 6.08. The van der Waals surface area contributed by atoms with Crippen molar-refractivity contribution >= 4 is 5.91 Å². The summed E-state index contributed by atoms with van der Waals surface area (Å²) in [7, 11) is 1.88. The van der Waals surface area contributed by atoms with E-state index in [0.717, 1.165) is 5.56 Å². The minimum absolute atomic E-state index is 0.185. The third-order valence-electron chi connectivity index (χ3n) is 4.24. The van der Waals surface area contributed by atoms with E-state index in [-0.39, 0.29) is 30.0 Å². The standard InChI is InChI=1S/C17H19FN4O2/c1-21(9-12-2-4-13(18)5-3-12)15-10-22(11-16(15)23)17(24)14-8-19-6-7-20-14/h2-8,15-16,23H,9-11H2,1H3/t15-,16-/m1/s1. The first-order chi connectivity index (χ1) is 11.5. The Labute approximate surface area is 139 Å². The number of halogens is 1. The number of benzene rings is 1. The number of likely N-dealkylation sites (tertiary alicyclic amines) is 1. The van der Waals surface area contributed by atoms with Gasteiger partial charge in [-0.3, -0.25) is 14.7 Å². The van der Waals surface area contributed by atoms with Crippen LogP contribution in [0, 0.1) is 5.82 Å². The van der Waals surface area contributed by atoms with E-state index in [4.69, 9.17) is 0 Å². The molecular formula is C17H19FN4O2. The molecule has 2 atom stereocenters. The predicted octanol–water partition coefficient (Wildman–Crippen LogP) is 0.933. The number of carbonyl (C=O) groups excluding carboxylic acids is 1. The van der Waals surface area contributed by atoms with Gasteiger partial charge in [-0.15, -0.1) is 0 Å². The number of aliphatic hydroxyl groups is 1. The van der Waals surface area contributed by atoms with Crippen LogP contribution in [0.2, 0.25) is 0 Å². The van der Waals surface area contributed by atoms with E-state index in [0.29, 0.717) is 13.1 Å². The molecule has 0 saturated carbocycles. The average molecular weight is 330 g/mol. The quantitative estimate of drug-likeness (QED) is 0.903. The third-order valence-corrected chi connectivity index (χ3v) is 4.24. The van der Waals surface area contributed by atoms with E-state index in [9.17, 15) is 14.3 Å². The second-order valence-corrected chi connectivity index (χ2v) is 5.98. The summed E-state index contributed by atoms with van der Waals surface area (Å²) in [6.45, 7) is 1.23. The Bertz CT molecular complexity index is 695. The lowest BCUT2D eigenvalue weighted by molar-refractivity contribution is 0.0756. The Balaban J connectivity index is 1.64. The van der Waals surface area contributed by atoms with Gasteiger partial charge in [0.2, 0.25) is 0 Å². The van der Waals surface area contributed by atoms with Crippen LogP contribution in [0.25, 0.3) is 0 Å². The molecule has 0 unspecified atom stereocenters. The molecule has 1 saturated heterocycles. The number of carbonyl (C=O) groups is 1. The smallest absolute Gasteiger partial charge is 0.274 e. The highest BCUT2D eigenvalue weighted by molar-refractivity contribution is 5.92. The fourth-order valence-corrected chi connectivity index (χ4v) is 2.94. The number of rotatable bonds is 4. The van der Waals surface area contributed by atoms with Gasteiger partial charge >= 0.3 is 0 Å². The van der Waals surface area contributed by atoms with Crippen LogP contribution < -0.4 is 0 Å². The summed E-state index contributed by atoms with van der Waals surface area (Å²) in [5, 5.41) is 10.3. The van der Waals surface area contributed by atoms with Gasteiger partial charge in [0.1, 0.15) is 11.5 Å². The first kappa shape index (κ1) is 16.5. The Kier molecular flexibility index (Phi) is 4.82. The molecule has 1 fully saturated rings. The van der Waals surface area contributed by atoms with Crippen LogP contribution in [0.15, 0.2) is 42.9 Å². The van der Waals surface area contributed by atoms with Crippen LogP contribution in [-0.4, -0.2) is 63.1 Å². The molecule has 126 valence electrons. The summed E-state index contributed by atoms with van der Waals surface area (Å²) in [4.78, 5) is 23.9. The van der Waals surface area contributed by atoms with Crippen molar-refractivity contribution in [2.75, 3.05) is 20.1 Å². The number of hydrogen-bond acceptors (Lipinski definition) is 5. The molecule has 1 aromatic heterocycles. The first-order valence-corrected chi connectivity index (χ1v) is 7.72. The number of aromatic nitrogens is 2. The van der Waals surface area contributed by atoms with Gasteiger partial charge in [0.15, 0.2) is 0 Å². The lowest BCUT2D eigenvalue weighted by atomic mass is 10.1. The van der Waals surface area contributed by atoms with Crippen LogP contribution in [0.1, 0.15) is 16.1 Å². The number of hydrogen-bond donors (Lipinski definition) is 1. The Morgan fingerprint density at radius 3 is 2.75 bits per heavy atom. The number of likely N-dealkylation sites (N-methyl/N-ethyl adjacent to an activating group) is 1. The normalized spacial score (nSPS) is 20.6. The molecule has 24 heavy (non-hydrogen) atoms. The molecule has 7 heteroatoms. The second kappa shape index (κ2) is 7.02. The van der Waals surface area contributed by atoms with E-state index in [1.165, 1.54) is 30.7 Å². The van der Waals surface area contributed by atoms with Gasteiger partial charge in [-0.05, 0) is 24.7 Å².